The molecule has 6 aromatic rings. The average Bonchev–Trinajstić information content (AvgIpc) is 3.05. The fourth-order valence-corrected chi connectivity index (χ4v) is 5.77. The zero-order valence-corrected chi connectivity index (χ0v) is 23.6. The Morgan fingerprint density at radius 3 is 2.00 bits per heavy atom. The third-order valence-electron chi connectivity index (χ3n) is 7.78. The summed E-state index contributed by atoms with van der Waals surface area (Å²) < 4.78 is 17.0. The van der Waals surface area contributed by atoms with Gasteiger partial charge in [-0.1, -0.05) is 103 Å². The van der Waals surface area contributed by atoms with Crippen LogP contribution in [0.5, 0.6) is 0 Å². The lowest BCUT2D eigenvalue weighted by Gasteiger charge is -2.27. The van der Waals surface area contributed by atoms with Crippen LogP contribution < -0.4 is 5.63 Å². The summed E-state index contributed by atoms with van der Waals surface area (Å²) in [7, 11) is 0. The molecule has 1 unspecified atom stereocenters. The predicted octanol–water partition coefficient (Wildman–Crippen LogP) is 8.94. The summed E-state index contributed by atoms with van der Waals surface area (Å²) in [6.07, 6.45) is 4.82. The van der Waals surface area contributed by atoms with Crippen LogP contribution in [0.4, 0.5) is 0 Å². The molecule has 210 valence electrons. The molecule has 42 heavy (non-hydrogen) atoms. The first-order valence-electron chi connectivity index (χ1n) is 14.5. The molecule has 4 nitrogen and oxygen atoms in total. The van der Waals surface area contributed by atoms with E-state index < -0.39 is 0 Å². The molecule has 0 N–H and O–H groups in total. The van der Waals surface area contributed by atoms with Crippen LogP contribution in [0.1, 0.15) is 46.8 Å². The van der Waals surface area contributed by atoms with Crippen molar-refractivity contribution in [2.24, 2.45) is 0 Å². The highest BCUT2D eigenvalue weighted by molar-refractivity contribution is 6.10. The van der Waals surface area contributed by atoms with Crippen molar-refractivity contribution in [3.8, 4) is 0 Å². The minimum absolute atomic E-state index is 0.146. The third-order valence-corrected chi connectivity index (χ3v) is 7.78. The van der Waals surface area contributed by atoms with Crippen LogP contribution in [0.3, 0.4) is 0 Å². The standard InChI is InChI=1S/C33H30O2.C5H4O2/c1-3-10-24(11-4-1)21-34-23-26-20-32-29-16-9-17-33(35-22-25-12-5-2-6-13-25)31(29)19-18-30(32)28-15-8-7-14-27(26)28;6-5-3-1-2-4-7-5/h1-8,10-15,18-20,33H,9,16-17,21-23H2;1-4H. The van der Waals surface area contributed by atoms with E-state index in [2.05, 4.69) is 101 Å². The summed E-state index contributed by atoms with van der Waals surface area (Å²) in [4.78, 5) is 10.1. The van der Waals surface area contributed by atoms with Crippen LogP contribution in [-0.2, 0) is 35.7 Å². The van der Waals surface area contributed by atoms with E-state index in [-0.39, 0.29) is 11.7 Å². The summed E-state index contributed by atoms with van der Waals surface area (Å²) in [5.74, 6) is 0. The van der Waals surface area contributed by atoms with Gasteiger partial charge in [-0.15, -0.1) is 0 Å². The van der Waals surface area contributed by atoms with E-state index >= 15 is 0 Å². The normalized spacial score (nSPS) is 14.2. The lowest BCUT2D eigenvalue weighted by atomic mass is 9.84. The van der Waals surface area contributed by atoms with E-state index in [1.54, 1.807) is 12.1 Å². The van der Waals surface area contributed by atoms with Crippen molar-refractivity contribution in [3.05, 3.63) is 166 Å². The predicted molar refractivity (Wildman–Crippen MR) is 168 cm³/mol. The van der Waals surface area contributed by atoms with Gasteiger partial charge >= 0.3 is 5.63 Å². The molecule has 0 spiro atoms. The molecular formula is C38H34O4. The van der Waals surface area contributed by atoms with Gasteiger partial charge in [0.2, 0.25) is 0 Å². The molecule has 7 rings (SSSR count). The van der Waals surface area contributed by atoms with Crippen molar-refractivity contribution in [3.63, 3.8) is 0 Å². The van der Waals surface area contributed by atoms with Gasteiger partial charge in [0.15, 0.2) is 0 Å². The van der Waals surface area contributed by atoms with Crippen molar-refractivity contribution in [2.75, 3.05) is 0 Å². The van der Waals surface area contributed by atoms with E-state index in [1.807, 2.05) is 6.07 Å². The van der Waals surface area contributed by atoms with Crippen LogP contribution >= 0.6 is 0 Å². The first-order valence-corrected chi connectivity index (χ1v) is 14.5. The van der Waals surface area contributed by atoms with Gasteiger partial charge in [-0.3, -0.25) is 0 Å². The number of aryl methyl sites for hydroxylation is 1. The van der Waals surface area contributed by atoms with Crippen molar-refractivity contribution in [2.45, 2.75) is 45.2 Å². The SMILES string of the molecule is O=c1cccco1.c1ccc(COCc2cc3c4c(ccc3c3ccccc23)C(OCc2ccccc2)CCC4)cc1. The van der Waals surface area contributed by atoms with E-state index in [9.17, 15) is 4.79 Å². The molecule has 1 atom stereocenters. The molecule has 0 saturated carbocycles. The summed E-state index contributed by atoms with van der Waals surface area (Å²) in [6.45, 7) is 1.87. The molecule has 1 heterocycles. The maximum atomic E-state index is 10.1. The van der Waals surface area contributed by atoms with Crippen molar-refractivity contribution in [1.29, 1.82) is 0 Å². The highest BCUT2D eigenvalue weighted by atomic mass is 16.5. The van der Waals surface area contributed by atoms with Gasteiger partial charge in [0.05, 0.1) is 32.2 Å². The number of rotatable bonds is 7. The van der Waals surface area contributed by atoms with Crippen LogP contribution in [0.2, 0.25) is 0 Å². The maximum absolute atomic E-state index is 10.1. The molecule has 0 radical (unpaired) electrons. The van der Waals surface area contributed by atoms with Gasteiger partial charge in [-0.2, -0.15) is 0 Å². The molecule has 5 aromatic carbocycles. The average molecular weight is 555 g/mol. The Bertz CT molecular complexity index is 1790. The van der Waals surface area contributed by atoms with Crippen LogP contribution in [0, 0.1) is 0 Å². The molecule has 0 bridgehead atoms. The summed E-state index contributed by atoms with van der Waals surface area (Å²) >= 11 is 0. The Morgan fingerprint density at radius 2 is 1.31 bits per heavy atom. The summed E-state index contributed by atoms with van der Waals surface area (Å²) in [5.41, 5.74) is 6.18. The molecule has 1 aliphatic carbocycles. The lowest BCUT2D eigenvalue weighted by Crippen LogP contribution is -2.13. The number of hydrogen-bond donors (Lipinski definition) is 0. The molecule has 4 heteroatoms. The fraction of sp³-hybridized carbons (Fsp3) is 0.184. The van der Waals surface area contributed by atoms with Crippen LogP contribution in [0.25, 0.3) is 21.5 Å². The summed E-state index contributed by atoms with van der Waals surface area (Å²) in [5, 5.41) is 5.27. The lowest BCUT2D eigenvalue weighted by molar-refractivity contribution is 0.0284. The Hall–Kier alpha value is -4.51. The smallest absolute Gasteiger partial charge is 0.335 e. The topological polar surface area (TPSA) is 48.7 Å². The first-order chi connectivity index (χ1) is 20.8. The minimum atomic E-state index is -0.303. The zero-order valence-electron chi connectivity index (χ0n) is 23.6. The van der Waals surface area contributed by atoms with Gasteiger partial charge in [-0.25, -0.2) is 4.79 Å². The number of benzene rings is 5. The Morgan fingerprint density at radius 1 is 0.643 bits per heavy atom. The fourth-order valence-electron chi connectivity index (χ4n) is 5.77. The second-order valence-corrected chi connectivity index (χ2v) is 10.6. The quantitative estimate of drug-likeness (QED) is 0.185. The molecule has 0 fully saturated rings. The molecule has 0 amide bonds. The second kappa shape index (κ2) is 13.4. The molecule has 0 aliphatic heterocycles. The number of ether oxygens (including phenoxy) is 2. The molecule has 1 aromatic heterocycles. The van der Waals surface area contributed by atoms with Gasteiger partial charge < -0.3 is 13.9 Å². The highest BCUT2D eigenvalue weighted by Crippen LogP contribution is 2.40. The van der Waals surface area contributed by atoms with Gasteiger partial charge in [0.25, 0.3) is 0 Å². The van der Waals surface area contributed by atoms with E-state index in [1.165, 1.54) is 61.7 Å². The Labute approximate surface area is 246 Å². The highest BCUT2D eigenvalue weighted by Gasteiger charge is 2.23. The molecule has 0 saturated heterocycles. The van der Waals surface area contributed by atoms with Crippen LogP contribution in [-0.4, -0.2) is 0 Å². The maximum Gasteiger partial charge on any atom is 0.335 e. The van der Waals surface area contributed by atoms with E-state index in [4.69, 9.17) is 9.47 Å². The van der Waals surface area contributed by atoms with Crippen molar-refractivity contribution < 1.29 is 13.9 Å². The Kier molecular flexibility index (Phi) is 8.84. The van der Waals surface area contributed by atoms with E-state index in [0.29, 0.717) is 19.8 Å². The Balaban J connectivity index is 0.000000397. The van der Waals surface area contributed by atoms with Crippen molar-refractivity contribution in [1.82, 2.24) is 0 Å². The van der Waals surface area contributed by atoms with Gasteiger partial charge in [-0.05, 0) is 80.8 Å². The van der Waals surface area contributed by atoms with Crippen molar-refractivity contribution >= 4 is 21.5 Å². The van der Waals surface area contributed by atoms with Gasteiger partial charge in [0, 0.05) is 6.07 Å². The number of fused-ring (bicyclic) bond motifs is 5. The van der Waals surface area contributed by atoms with E-state index in [0.717, 1.165) is 19.3 Å². The minimum Gasteiger partial charge on any atom is -0.431 e. The molecular weight excluding hydrogens is 520 g/mol. The second-order valence-electron chi connectivity index (χ2n) is 10.6. The largest absolute Gasteiger partial charge is 0.431 e. The molecule has 1 aliphatic rings. The monoisotopic (exact) mass is 554 g/mol. The van der Waals surface area contributed by atoms with Crippen LogP contribution in [0.15, 0.2) is 137 Å². The summed E-state index contributed by atoms with van der Waals surface area (Å²) in [6, 6.07) is 41.2. The number of hydrogen-bond acceptors (Lipinski definition) is 4. The first kappa shape index (κ1) is 27.6. The third kappa shape index (κ3) is 6.52. The van der Waals surface area contributed by atoms with Gasteiger partial charge in [0.1, 0.15) is 0 Å². The zero-order chi connectivity index (χ0) is 28.6.